The van der Waals surface area contributed by atoms with Crippen LogP contribution in [0.2, 0.25) is 0 Å². The lowest BCUT2D eigenvalue weighted by molar-refractivity contribution is 0.174. The highest BCUT2D eigenvalue weighted by atomic mass is 32.1. The van der Waals surface area contributed by atoms with E-state index in [4.69, 9.17) is 12.2 Å². The quantitative estimate of drug-likeness (QED) is 0.862. The lowest BCUT2D eigenvalue weighted by Gasteiger charge is -2.36. The maximum Gasteiger partial charge on any atom is 0.169 e. The third-order valence-electron chi connectivity index (χ3n) is 4.04. The number of thiocarbonyl (C=S) groups is 1. The van der Waals surface area contributed by atoms with E-state index in [-0.39, 0.29) is 0 Å². The van der Waals surface area contributed by atoms with Gasteiger partial charge in [0.1, 0.15) is 0 Å². The molecule has 4 heteroatoms. The zero-order valence-electron chi connectivity index (χ0n) is 13.4. The third kappa shape index (κ3) is 4.68. The van der Waals surface area contributed by atoms with E-state index < -0.39 is 0 Å². The molecule has 1 aliphatic rings. The molecule has 1 aromatic rings. The van der Waals surface area contributed by atoms with Crippen LogP contribution >= 0.6 is 12.2 Å². The van der Waals surface area contributed by atoms with Gasteiger partial charge in [0, 0.05) is 39.3 Å². The minimum Gasteiger partial charge on any atom is -0.363 e. The first-order chi connectivity index (χ1) is 10.1. The van der Waals surface area contributed by atoms with Crippen molar-refractivity contribution < 1.29 is 0 Å². The van der Waals surface area contributed by atoms with Crippen LogP contribution in [0.3, 0.4) is 0 Å². The van der Waals surface area contributed by atoms with E-state index in [2.05, 4.69) is 60.2 Å². The molecule has 0 amide bonds. The lowest BCUT2D eigenvalue weighted by Crippen LogP contribution is -2.51. The van der Waals surface area contributed by atoms with E-state index in [1.165, 1.54) is 11.1 Å². The monoisotopic (exact) mass is 305 g/mol. The summed E-state index contributed by atoms with van der Waals surface area (Å²) in [4.78, 5) is 4.78. The molecular formula is C17H27N3S. The summed E-state index contributed by atoms with van der Waals surface area (Å²) in [5.41, 5.74) is 2.82. The van der Waals surface area contributed by atoms with E-state index in [0.29, 0.717) is 5.92 Å². The number of nitrogens with zero attached hydrogens (tertiary/aromatic N) is 2. The van der Waals surface area contributed by atoms with Crippen LogP contribution in [0.15, 0.2) is 24.3 Å². The van der Waals surface area contributed by atoms with Gasteiger partial charge in [0.25, 0.3) is 0 Å². The first-order valence-electron chi connectivity index (χ1n) is 7.94. The Morgan fingerprint density at radius 3 is 2.29 bits per heavy atom. The molecule has 1 aromatic carbocycles. The Kier molecular flexibility index (Phi) is 6.00. The normalized spacial score (nSPS) is 16.3. The van der Waals surface area contributed by atoms with Crippen LogP contribution in [0.5, 0.6) is 0 Å². The second-order valence-corrected chi connectivity index (χ2v) is 6.38. The van der Waals surface area contributed by atoms with Crippen molar-refractivity contribution in [3.8, 4) is 0 Å². The maximum absolute atomic E-state index is 5.38. The molecule has 1 fully saturated rings. The van der Waals surface area contributed by atoms with Crippen LogP contribution in [-0.2, 0) is 6.54 Å². The van der Waals surface area contributed by atoms with Gasteiger partial charge in [-0.25, -0.2) is 0 Å². The van der Waals surface area contributed by atoms with Gasteiger partial charge in [0.2, 0.25) is 0 Å². The molecule has 0 radical (unpaired) electrons. The van der Waals surface area contributed by atoms with Gasteiger partial charge in [0.15, 0.2) is 5.11 Å². The standard InChI is InChI=1S/C17H27N3S/c1-4-18-17(21)20-11-9-19(10-12-20)13-15-5-7-16(8-6-15)14(2)3/h5-8,14H,4,9-13H2,1-3H3,(H,18,21). The van der Waals surface area contributed by atoms with Crippen molar-refractivity contribution >= 4 is 17.3 Å². The summed E-state index contributed by atoms with van der Waals surface area (Å²) < 4.78 is 0. The van der Waals surface area contributed by atoms with Gasteiger partial charge in [-0.3, -0.25) is 4.90 Å². The SMILES string of the molecule is CCNC(=S)N1CCN(Cc2ccc(C(C)C)cc2)CC1. The molecule has 0 saturated carbocycles. The molecule has 0 aromatic heterocycles. The number of piperazine rings is 1. The Hall–Kier alpha value is -1.13. The Labute approximate surface area is 134 Å². The third-order valence-corrected chi connectivity index (χ3v) is 4.44. The smallest absolute Gasteiger partial charge is 0.169 e. The minimum absolute atomic E-state index is 0.606. The minimum atomic E-state index is 0.606. The molecule has 2 rings (SSSR count). The van der Waals surface area contributed by atoms with Crippen LogP contribution in [0.25, 0.3) is 0 Å². The van der Waals surface area contributed by atoms with E-state index in [9.17, 15) is 0 Å². The molecule has 3 nitrogen and oxygen atoms in total. The van der Waals surface area contributed by atoms with E-state index in [0.717, 1.165) is 44.4 Å². The summed E-state index contributed by atoms with van der Waals surface area (Å²) in [6, 6.07) is 9.06. The highest BCUT2D eigenvalue weighted by Crippen LogP contribution is 2.16. The largest absolute Gasteiger partial charge is 0.363 e. The summed E-state index contributed by atoms with van der Waals surface area (Å²) in [6.07, 6.45) is 0. The predicted octanol–water partition coefficient (Wildman–Crippen LogP) is 2.82. The van der Waals surface area contributed by atoms with Crippen molar-refractivity contribution in [1.29, 1.82) is 0 Å². The number of hydrogen-bond donors (Lipinski definition) is 1. The molecule has 0 atom stereocenters. The summed E-state index contributed by atoms with van der Waals surface area (Å²) in [6.45, 7) is 12.7. The molecule has 21 heavy (non-hydrogen) atoms. The van der Waals surface area contributed by atoms with Crippen molar-refractivity contribution in [2.75, 3.05) is 32.7 Å². The van der Waals surface area contributed by atoms with Crippen LogP contribution in [0.4, 0.5) is 0 Å². The number of nitrogens with one attached hydrogen (secondary N) is 1. The zero-order chi connectivity index (χ0) is 15.2. The van der Waals surface area contributed by atoms with Crippen molar-refractivity contribution in [2.45, 2.75) is 33.2 Å². The van der Waals surface area contributed by atoms with E-state index in [1.807, 2.05) is 0 Å². The average molecular weight is 305 g/mol. The first kappa shape index (κ1) is 16.2. The van der Waals surface area contributed by atoms with Gasteiger partial charge in [-0.05, 0) is 36.2 Å². The molecule has 0 aliphatic carbocycles. The molecular weight excluding hydrogens is 278 g/mol. The van der Waals surface area contributed by atoms with Gasteiger partial charge in [-0.1, -0.05) is 38.1 Å². The Morgan fingerprint density at radius 1 is 1.14 bits per heavy atom. The second kappa shape index (κ2) is 7.76. The lowest BCUT2D eigenvalue weighted by atomic mass is 10.0. The van der Waals surface area contributed by atoms with E-state index >= 15 is 0 Å². The summed E-state index contributed by atoms with van der Waals surface area (Å²) in [5.74, 6) is 0.606. The first-order valence-corrected chi connectivity index (χ1v) is 8.35. The molecule has 1 aliphatic heterocycles. The highest BCUT2D eigenvalue weighted by Gasteiger charge is 2.18. The van der Waals surface area contributed by atoms with Crippen LogP contribution in [0, 0.1) is 0 Å². The van der Waals surface area contributed by atoms with Gasteiger partial charge in [-0.2, -0.15) is 0 Å². The van der Waals surface area contributed by atoms with Crippen molar-refractivity contribution in [2.24, 2.45) is 0 Å². The summed E-state index contributed by atoms with van der Waals surface area (Å²) in [7, 11) is 0. The summed E-state index contributed by atoms with van der Waals surface area (Å²) in [5, 5.41) is 4.14. The molecule has 0 spiro atoms. The van der Waals surface area contributed by atoms with Gasteiger partial charge in [0.05, 0.1) is 0 Å². The molecule has 1 saturated heterocycles. The van der Waals surface area contributed by atoms with E-state index in [1.54, 1.807) is 0 Å². The van der Waals surface area contributed by atoms with Crippen LogP contribution in [0.1, 0.15) is 37.8 Å². The molecule has 1 heterocycles. The Balaban J connectivity index is 1.82. The van der Waals surface area contributed by atoms with Crippen LogP contribution < -0.4 is 5.32 Å². The maximum atomic E-state index is 5.38. The highest BCUT2D eigenvalue weighted by molar-refractivity contribution is 7.80. The number of hydrogen-bond acceptors (Lipinski definition) is 2. The van der Waals surface area contributed by atoms with Crippen molar-refractivity contribution in [3.05, 3.63) is 35.4 Å². The van der Waals surface area contributed by atoms with Crippen molar-refractivity contribution in [1.82, 2.24) is 15.1 Å². The topological polar surface area (TPSA) is 18.5 Å². The zero-order valence-corrected chi connectivity index (χ0v) is 14.2. The van der Waals surface area contributed by atoms with Gasteiger partial charge >= 0.3 is 0 Å². The molecule has 116 valence electrons. The fourth-order valence-corrected chi connectivity index (χ4v) is 2.97. The van der Waals surface area contributed by atoms with Gasteiger partial charge < -0.3 is 10.2 Å². The van der Waals surface area contributed by atoms with Crippen LogP contribution in [-0.4, -0.2) is 47.6 Å². The number of benzene rings is 1. The van der Waals surface area contributed by atoms with Crippen molar-refractivity contribution in [3.63, 3.8) is 0 Å². The van der Waals surface area contributed by atoms with Gasteiger partial charge in [-0.15, -0.1) is 0 Å². The predicted molar refractivity (Wildman–Crippen MR) is 93.7 cm³/mol. The number of rotatable bonds is 4. The molecule has 0 unspecified atom stereocenters. The average Bonchev–Trinajstić information content (AvgIpc) is 2.49. The fraction of sp³-hybridized carbons (Fsp3) is 0.588. The Morgan fingerprint density at radius 2 is 1.76 bits per heavy atom. The fourth-order valence-electron chi connectivity index (χ4n) is 2.64. The Bertz CT molecular complexity index is 448. The summed E-state index contributed by atoms with van der Waals surface area (Å²) >= 11 is 5.38. The molecule has 0 bridgehead atoms. The second-order valence-electron chi connectivity index (χ2n) is 5.99. The molecule has 1 N–H and O–H groups in total.